The molecular formula is C98H126N14O19S. The number of hydrogen-bond acceptors (Lipinski definition) is 20. The fourth-order valence-electron chi connectivity index (χ4n) is 17.4. The maximum atomic E-state index is 14.9. The van der Waals surface area contributed by atoms with Crippen LogP contribution in [0.3, 0.4) is 0 Å². The summed E-state index contributed by atoms with van der Waals surface area (Å²) in [5, 5.41) is 39.8. The van der Waals surface area contributed by atoms with Crippen LogP contribution in [0.5, 0.6) is 0 Å². The number of nitrogens with two attached hydrogens (primary N) is 1. The maximum Gasteiger partial charge on any atom is 0.408 e. The molecule has 3 aliphatic rings. The largest absolute Gasteiger partial charge is 0.481 e. The van der Waals surface area contributed by atoms with Gasteiger partial charge in [-0.05, 0) is 151 Å². The van der Waals surface area contributed by atoms with Crippen molar-refractivity contribution in [3.05, 3.63) is 202 Å². The van der Waals surface area contributed by atoms with E-state index >= 15 is 0 Å². The summed E-state index contributed by atoms with van der Waals surface area (Å²) in [6.07, 6.45) is -0.897. The zero-order valence-electron chi connectivity index (χ0n) is 77.0. The minimum atomic E-state index is -1.78. The van der Waals surface area contributed by atoms with Gasteiger partial charge in [-0.3, -0.25) is 43.2 Å². The van der Waals surface area contributed by atoms with Gasteiger partial charge in [-0.25, -0.2) is 24.2 Å². The van der Waals surface area contributed by atoms with Crippen LogP contribution >= 0.6 is 11.3 Å². The summed E-state index contributed by atoms with van der Waals surface area (Å²) in [6, 6.07) is 37.6. The van der Waals surface area contributed by atoms with Gasteiger partial charge < -0.3 is 97.5 Å². The van der Waals surface area contributed by atoms with E-state index in [-0.39, 0.29) is 107 Å². The summed E-state index contributed by atoms with van der Waals surface area (Å²) in [6.45, 7) is 15.5. The predicted octanol–water partition coefficient (Wildman–Crippen LogP) is 10.9. The Hall–Kier alpha value is -12.8. The van der Waals surface area contributed by atoms with Gasteiger partial charge in [0.15, 0.2) is 0 Å². The molecule has 132 heavy (non-hydrogen) atoms. The molecule has 6 aromatic carbocycles. The summed E-state index contributed by atoms with van der Waals surface area (Å²) in [5.74, 6) is -9.26. The van der Waals surface area contributed by atoms with Crippen LogP contribution in [-0.2, 0) is 79.9 Å². The van der Waals surface area contributed by atoms with E-state index in [0.29, 0.717) is 37.8 Å². The lowest BCUT2D eigenvalue weighted by Gasteiger charge is -2.41. The number of urea groups is 1. The summed E-state index contributed by atoms with van der Waals surface area (Å²) in [5.41, 5.74) is 13.3. The number of aromatic nitrogens is 1. The smallest absolute Gasteiger partial charge is 0.408 e. The number of thiazole rings is 1. The monoisotopic (exact) mass is 1830 g/mol. The molecule has 34 heteroatoms. The Morgan fingerprint density at radius 3 is 1.66 bits per heavy atom. The SMILES string of the molecule is CC[C@H](C)[C@@H]([C@@H](CC(=O)N1CCC[C@H]1[C@H](OC)[C@@H](C)C(=O)N[C@@H](Cc1ccccc1)c1nccs1)OC)N(C)C(=O)[C@@H](NC(=O)C(C)(C)NC(=O)OCc1ccc(NC(=O)[C@H](CCCNC(N)=O)NC(=O)[C@@H](NC(=O)[C@H](CCCCNC(=O)OCC2c3ccccc3-c3ccccc32)NC(=O)[C@H](CC(=O)O)NC(=O)OCC2c3ccccc3-c3ccccc32)C(C)C)cc1)C(C)C. The van der Waals surface area contributed by atoms with Gasteiger partial charge in [-0.2, -0.15) is 0 Å². The van der Waals surface area contributed by atoms with Crippen LogP contribution in [0.15, 0.2) is 163 Å². The van der Waals surface area contributed by atoms with E-state index in [9.17, 15) is 67.4 Å². The fraction of sp³-hybridized carbons (Fsp3) is 0.469. The number of fused-ring (bicyclic) bond motifs is 6. The molecule has 0 spiro atoms. The van der Waals surface area contributed by atoms with E-state index in [1.54, 1.807) is 72.0 Å². The Bertz CT molecular complexity index is 5050. The third-order valence-electron chi connectivity index (χ3n) is 24.7. The van der Waals surface area contributed by atoms with Crippen LogP contribution in [0.4, 0.5) is 24.9 Å². The van der Waals surface area contributed by atoms with Crippen LogP contribution in [0.25, 0.3) is 22.3 Å². The lowest BCUT2D eigenvalue weighted by molar-refractivity contribution is -0.148. The van der Waals surface area contributed by atoms with Crippen molar-refractivity contribution in [3.8, 4) is 22.3 Å². The van der Waals surface area contributed by atoms with Gasteiger partial charge in [0.25, 0.3) is 0 Å². The van der Waals surface area contributed by atoms with Gasteiger partial charge in [0.2, 0.25) is 47.3 Å². The average Bonchev–Trinajstić information content (AvgIpc) is 1.62. The van der Waals surface area contributed by atoms with Gasteiger partial charge in [-0.1, -0.05) is 194 Å². The molecule has 33 nitrogen and oxygen atoms in total. The zero-order valence-corrected chi connectivity index (χ0v) is 77.8. The number of likely N-dealkylation sites (tertiary alicyclic amines) is 1. The number of carboxylic acids is 1. The van der Waals surface area contributed by atoms with Crippen molar-refractivity contribution in [1.82, 2.24) is 62.6 Å². The lowest BCUT2D eigenvalue weighted by Crippen LogP contribution is -2.62. The summed E-state index contributed by atoms with van der Waals surface area (Å²) >= 11 is 1.46. The molecule has 2 aliphatic carbocycles. The molecule has 13 amide bonds. The molecular weight excluding hydrogens is 1710 g/mol. The molecule has 1 fully saturated rings. The fourth-order valence-corrected chi connectivity index (χ4v) is 18.1. The first-order valence-corrected chi connectivity index (χ1v) is 46.0. The van der Waals surface area contributed by atoms with Gasteiger partial charge in [0, 0.05) is 70.0 Å². The van der Waals surface area contributed by atoms with E-state index in [4.69, 9.17) is 29.4 Å². The quantitative estimate of drug-likeness (QED) is 0.0124. The van der Waals surface area contributed by atoms with Crippen molar-refractivity contribution < 1.29 is 91.1 Å². The molecule has 0 radical (unpaired) electrons. The molecule has 2 heterocycles. The second kappa shape index (κ2) is 48.4. The molecule has 0 bridgehead atoms. The van der Waals surface area contributed by atoms with Gasteiger partial charge in [0.05, 0.1) is 49.1 Å². The number of likely N-dealkylation sites (N-methyl/N-ethyl adjacent to an activating group) is 1. The summed E-state index contributed by atoms with van der Waals surface area (Å²) in [7, 11) is 4.65. The third-order valence-corrected chi connectivity index (χ3v) is 25.6. The number of carboxylic acid groups (broad SMARTS) is 1. The zero-order chi connectivity index (χ0) is 95.5. The van der Waals surface area contributed by atoms with Crippen molar-refractivity contribution in [2.75, 3.05) is 59.4 Å². The number of aliphatic carboxylic acids is 1. The average molecular weight is 1840 g/mol. The van der Waals surface area contributed by atoms with Gasteiger partial charge in [-0.15, -0.1) is 11.3 Å². The van der Waals surface area contributed by atoms with Crippen LogP contribution in [0.1, 0.15) is 183 Å². The molecule has 708 valence electrons. The molecule has 12 atom stereocenters. The third kappa shape index (κ3) is 27.2. The number of ether oxygens (including phenoxy) is 5. The number of carbonyl (C=O) groups is 13. The van der Waals surface area contributed by atoms with Crippen LogP contribution in [0.2, 0.25) is 0 Å². The molecule has 1 aliphatic heterocycles. The molecule has 7 aromatic rings. The van der Waals surface area contributed by atoms with E-state index in [2.05, 4.69) is 58.2 Å². The van der Waals surface area contributed by atoms with Crippen molar-refractivity contribution in [2.24, 2.45) is 29.4 Å². The first-order valence-electron chi connectivity index (χ1n) is 45.1. The number of carbonyl (C=O) groups excluding carboxylic acids is 12. The predicted molar refractivity (Wildman–Crippen MR) is 497 cm³/mol. The van der Waals surface area contributed by atoms with Gasteiger partial charge >= 0.3 is 30.3 Å². The number of methoxy groups -OCH3 is 2. The van der Waals surface area contributed by atoms with Crippen molar-refractivity contribution in [3.63, 3.8) is 0 Å². The first-order chi connectivity index (χ1) is 63.2. The maximum absolute atomic E-state index is 14.9. The number of primary amides is 1. The number of anilines is 1. The topological polar surface area (TPSA) is 454 Å². The Kier molecular flexibility index (Phi) is 37.1. The molecule has 1 aromatic heterocycles. The second-order valence-electron chi connectivity index (χ2n) is 35.1. The van der Waals surface area contributed by atoms with Crippen molar-refractivity contribution in [2.45, 2.75) is 217 Å². The van der Waals surface area contributed by atoms with E-state index in [1.807, 2.05) is 147 Å². The van der Waals surface area contributed by atoms with Crippen molar-refractivity contribution in [1.29, 1.82) is 0 Å². The minimum absolute atomic E-state index is 0.00194. The summed E-state index contributed by atoms with van der Waals surface area (Å²) < 4.78 is 29.2. The van der Waals surface area contributed by atoms with Crippen LogP contribution in [-0.4, -0.2) is 212 Å². The van der Waals surface area contributed by atoms with E-state index in [0.717, 1.165) is 55.1 Å². The Morgan fingerprint density at radius 2 is 1.11 bits per heavy atom. The minimum Gasteiger partial charge on any atom is -0.481 e. The normalized spacial score (nSPS) is 15.8. The number of rotatable bonds is 47. The molecule has 0 unspecified atom stereocenters. The lowest BCUT2D eigenvalue weighted by atomic mass is 9.89. The van der Waals surface area contributed by atoms with Crippen LogP contribution < -0.4 is 58.9 Å². The number of nitrogens with zero attached hydrogens (tertiary/aromatic N) is 3. The number of amides is 13. The van der Waals surface area contributed by atoms with Crippen LogP contribution in [0, 0.1) is 23.7 Å². The Balaban J connectivity index is 0.737. The van der Waals surface area contributed by atoms with E-state index in [1.165, 1.54) is 49.3 Å². The van der Waals surface area contributed by atoms with Crippen molar-refractivity contribution >= 4 is 94.6 Å². The molecule has 1 saturated heterocycles. The number of nitrogens with one attached hydrogen (secondary N) is 10. The second-order valence-corrected chi connectivity index (χ2v) is 36.0. The molecule has 0 saturated carbocycles. The number of benzene rings is 6. The number of hydrogen-bond donors (Lipinski definition) is 12. The highest BCUT2D eigenvalue weighted by molar-refractivity contribution is 7.09. The van der Waals surface area contributed by atoms with Gasteiger partial charge in [0.1, 0.15) is 60.6 Å². The van der Waals surface area contributed by atoms with E-state index < -0.39 is 156 Å². The highest BCUT2D eigenvalue weighted by Gasteiger charge is 2.45. The Morgan fingerprint density at radius 1 is 0.568 bits per heavy atom. The first kappa shape index (κ1) is 101. The molecule has 10 rings (SSSR count). The standard InChI is InChI=1S/C98H126N14O19S/c1-13-59(6)84(79(127-11)53-80(113)112-49-28-41-78(112)85(128-12)60(7)86(116)106-77(91-100-48-50-132-91)51-61-29-15-14-16-30-61)111(10)92(121)83(58(4)5)109-93(122)98(8,9)110-97(126)129-54-62-42-44-63(45-43-62)103-87(117)75(40-27-47-101-94(99)123)105-90(120)82(57(2)3)108-88(118)74(39-25-26-46-102-95(124)130-55-72-68-35-21-17-31-64(68)65-32-18-22-36-69(65)72)104-89(119)76(52-81(114)115)107-96(125)131-56-73-70-37-23-19-33-66(70)67-34-20-24-38-71(67)73/h14-24,29-38,42-45,48,50,57-60,72-79,82-85H,13,25-28,39-41,46-47,49,51-56H2,1-12H3,(H,102,124)(H,103,117)(H,104,119)(H,105,120)(H,106,116)(H,107,125)(H,108,118)(H,109,122)(H,110,126)(H,114,115)(H3,99,101,123)/t59-,60+,74-,75-,76-,77-,78-,79+,82-,83-,84-,85+/m0/s1. The number of unbranched alkanes of at least 4 members (excludes halogenated alkanes) is 1. The summed E-state index contributed by atoms with van der Waals surface area (Å²) in [4.78, 5) is 189. The highest BCUT2D eigenvalue weighted by atomic mass is 32.1. The molecule has 13 N–H and O–H groups in total. The highest BCUT2D eigenvalue weighted by Crippen LogP contribution is 2.46. The number of alkyl carbamates (subject to hydrolysis) is 3. The Labute approximate surface area is 774 Å².